The van der Waals surface area contributed by atoms with Crippen molar-refractivity contribution in [3.8, 4) is 10.6 Å². The summed E-state index contributed by atoms with van der Waals surface area (Å²) in [6.07, 6.45) is 1.18. The van der Waals surface area contributed by atoms with Gasteiger partial charge >= 0.3 is 0 Å². The van der Waals surface area contributed by atoms with Crippen molar-refractivity contribution >= 4 is 28.3 Å². The van der Waals surface area contributed by atoms with Crippen molar-refractivity contribution in [3.63, 3.8) is 0 Å². The van der Waals surface area contributed by atoms with Gasteiger partial charge in [0.1, 0.15) is 0 Å². The number of hydrogen-bond acceptors (Lipinski definition) is 4. The van der Waals surface area contributed by atoms with Crippen molar-refractivity contribution in [2.24, 2.45) is 18.9 Å². The van der Waals surface area contributed by atoms with Gasteiger partial charge in [-0.2, -0.15) is 5.10 Å². The van der Waals surface area contributed by atoms with Crippen molar-refractivity contribution in [2.45, 2.75) is 27.2 Å². The van der Waals surface area contributed by atoms with E-state index >= 15 is 0 Å². The Labute approximate surface area is 157 Å². The molecule has 26 heavy (non-hydrogen) atoms. The molecule has 1 aliphatic heterocycles. The molecule has 5 nitrogen and oxygen atoms in total. The van der Waals surface area contributed by atoms with E-state index in [0.29, 0.717) is 11.8 Å². The first-order valence-electron chi connectivity index (χ1n) is 9.11. The third kappa shape index (κ3) is 2.92. The van der Waals surface area contributed by atoms with E-state index in [1.54, 1.807) is 16.0 Å². The number of likely N-dealkylation sites (tertiary alicyclic amines) is 1. The highest BCUT2D eigenvalue weighted by molar-refractivity contribution is 7.13. The first kappa shape index (κ1) is 17.2. The van der Waals surface area contributed by atoms with Crippen molar-refractivity contribution in [1.82, 2.24) is 19.7 Å². The van der Waals surface area contributed by atoms with Gasteiger partial charge in [0.2, 0.25) is 0 Å². The summed E-state index contributed by atoms with van der Waals surface area (Å²) in [5.41, 5.74) is 3.20. The number of aryl methyl sites for hydroxylation is 2. The highest BCUT2D eigenvalue weighted by Gasteiger charge is 2.29. The van der Waals surface area contributed by atoms with Gasteiger partial charge in [0.05, 0.1) is 27.2 Å². The normalized spacial score (nSPS) is 20.7. The Morgan fingerprint density at radius 2 is 2.00 bits per heavy atom. The van der Waals surface area contributed by atoms with Crippen LogP contribution in [-0.4, -0.2) is 38.7 Å². The van der Waals surface area contributed by atoms with Gasteiger partial charge in [-0.3, -0.25) is 9.48 Å². The maximum absolute atomic E-state index is 13.5. The number of nitrogens with zero attached hydrogens (tertiary/aromatic N) is 4. The molecule has 1 fully saturated rings. The summed E-state index contributed by atoms with van der Waals surface area (Å²) in [5.74, 6) is 1.17. The molecule has 0 bridgehead atoms. The Morgan fingerprint density at radius 3 is 2.65 bits per heavy atom. The molecule has 3 aromatic rings. The molecule has 0 aliphatic carbocycles. The van der Waals surface area contributed by atoms with Crippen LogP contribution < -0.4 is 0 Å². The third-order valence-electron chi connectivity index (χ3n) is 5.13. The van der Waals surface area contributed by atoms with Crippen LogP contribution in [0.4, 0.5) is 0 Å². The zero-order valence-corrected chi connectivity index (χ0v) is 16.5. The lowest BCUT2D eigenvalue weighted by molar-refractivity contribution is 0.0625. The fourth-order valence-corrected chi connectivity index (χ4v) is 4.85. The second-order valence-corrected chi connectivity index (χ2v) is 8.54. The molecule has 1 amide bonds. The lowest BCUT2D eigenvalue weighted by Crippen LogP contribution is -2.42. The smallest absolute Gasteiger partial charge is 0.254 e. The topological polar surface area (TPSA) is 51.0 Å². The van der Waals surface area contributed by atoms with Crippen molar-refractivity contribution < 1.29 is 4.79 Å². The number of thiophene rings is 1. The maximum atomic E-state index is 13.5. The van der Waals surface area contributed by atoms with Crippen molar-refractivity contribution in [3.05, 3.63) is 34.8 Å². The maximum Gasteiger partial charge on any atom is 0.254 e. The number of carbonyl (C=O) groups excluding carboxylic acids is 1. The minimum atomic E-state index is 0.102. The second kappa shape index (κ2) is 6.50. The van der Waals surface area contributed by atoms with Crippen LogP contribution in [0.15, 0.2) is 23.6 Å². The number of hydrogen-bond donors (Lipinski definition) is 0. The zero-order chi connectivity index (χ0) is 18.4. The summed E-state index contributed by atoms with van der Waals surface area (Å²) >= 11 is 1.64. The summed E-state index contributed by atoms with van der Waals surface area (Å²) in [6, 6.07) is 6.01. The molecular formula is C20H24N4OS. The van der Waals surface area contributed by atoms with E-state index in [2.05, 4.69) is 18.9 Å². The summed E-state index contributed by atoms with van der Waals surface area (Å²) in [7, 11) is 1.89. The predicted octanol–water partition coefficient (Wildman–Crippen LogP) is 4.12. The van der Waals surface area contributed by atoms with Gasteiger partial charge in [-0.15, -0.1) is 11.3 Å². The average molecular weight is 369 g/mol. The molecule has 136 valence electrons. The molecule has 4 heterocycles. The predicted molar refractivity (Wildman–Crippen MR) is 105 cm³/mol. The summed E-state index contributed by atoms with van der Waals surface area (Å²) in [4.78, 5) is 21.3. The fourth-order valence-electron chi connectivity index (χ4n) is 4.16. The number of fused-ring (bicyclic) bond motifs is 1. The quantitative estimate of drug-likeness (QED) is 0.683. The SMILES string of the molecule is Cc1nn(C)c2nc(-c3cccs3)cc(C(=O)N3C[C@H](C)C[C@@H](C)C3)c12. The number of carbonyl (C=O) groups is 1. The second-order valence-electron chi connectivity index (χ2n) is 7.60. The number of piperidine rings is 1. The lowest BCUT2D eigenvalue weighted by atomic mass is 9.91. The van der Waals surface area contributed by atoms with Gasteiger partial charge in [-0.05, 0) is 42.7 Å². The lowest BCUT2D eigenvalue weighted by Gasteiger charge is -2.35. The zero-order valence-electron chi connectivity index (χ0n) is 15.7. The molecule has 2 atom stereocenters. The van der Waals surface area contributed by atoms with Crippen LogP contribution in [0, 0.1) is 18.8 Å². The van der Waals surface area contributed by atoms with Gasteiger partial charge in [-0.25, -0.2) is 4.98 Å². The third-order valence-corrected chi connectivity index (χ3v) is 6.02. The van der Waals surface area contributed by atoms with Gasteiger partial charge in [-0.1, -0.05) is 19.9 Å². The monoisotopic (exact) mass is 368 g/mol. The van der Waals surface area contributed by atoms with E-state index < -0.39 is 0 Å². The summed E-state index contributed by atoms with van der Waals surface area (Å²) in [5, 5.41) is 7.43. The van der Waals surface area contributed by atoms with E-state index in [4.69, 9.17) is 4.98 Å². The minimum absolute atomic E-state index is 0.102. The Morgan fingerprint density at radius 1 is 1.27 bits per heavy atom. The molecule has 4 rings (SSSR count). The van der Waals surface area contributed by atoms with Crippen LogP contribution in [0.1, 0.15) is 36.3 Å². The number of aromatic nitrogens is 3. The van der Waals surface area contributed by atoms with E-state index in [1.165, 1.54) is 6.42 Å². The Hall–Kier alpha value is -2.21. The standard InChI is InChI=1S/C20H24N4OS/c1-12-8-13(2)11-24(10-12)20(25)15-9-16(17-6-5-7-26-17)21-19-18(15)14(3)22-23(19)4/h5-7,9,12-13H,8,10-11H2,1-4H3/t12-,13-/m1/s1. The molecule has 3 aromatic heterocycles. The van der Waals surface area contributed by atoms with E-state index in [9.17, 15) is 4.79 Å². The first-order valence-corrected chi connectivity index (χ1v) is 9.99. The number of rotatable bonds is 2. The van der Waals surface area contributed by atoms with Crippen LogP contribution in [0.2, 0.25) is 0 Å². The van der Waals surface area contributed by atoms with E-state index in [0.717, 1.165) is 46.0 Å². The highest BCUT2D eigenvalue weighted by atomic mass is 32.1. The Balaban J connectivity index is 1.86. The molecular weight excluding hydrogens is 344 g/mol. The molecule has 1 saturated heterocycles. The molecule has 1 aliphatic rings. The molecule has 0 unspecified atom stereocenters. The van der Waals surface area contributed by atoms with Crippen LogP contribution >= 0.6 is 11.3 Å². The van der Waals surface area contributed by atoms with Crippen molar-refractivity contribution in [2.75, 3.05) is 13.1 Å². The van der Waals surface area contributed by atoms with Gasteiger partial charge in [0.15, 0.2) is 5.65 Å². The van der Waals surface area contributed by atoms with Crippen LogP contribution in [0.3, 0.4) is 0 Å². The van der Waals surface area contributed by atoms with Gasteiger partial charge in [0.25, 0.3) is 5.91 Å². The number of pyridine rings is 1. The molecule has 0 saturated carbocycles. The van der Waals surface area contributed by atoms with Crippen molar-refractivity contribution in [1.29, 1.82) is 0 Å². The van der Waals surface area contributed by atoms with Crippen LogP contribution in [-0.2, 0) is 7.05 Å². The molecule has 6 heteroatoms. The fraction of sp³-hybridized carbons (Fsp3) is 0.450. The highest BCUT2D eigenvalue weighted by Crippen LogP contribution is 2.31. The number of amides is 1. The minimum Gasteiger partial charge on any atom is -0.338 e. The first-order chi connectivity index (χ1) is 12.4. The molecule has 0 aromatic carbocycles. The van der Waals surface area contributed by atoms with Gasteiger partial charge in [0, 0.05) is 20.1 Å². The summed E-state index contributed by atoms with van der Waals surface area (Å²) in [6.45, 7) is 8.04. The largest absolute Gasteiger partial charge is 0.338 e. The average Bonchev–Trinajstić information content (AvgIpc) is 3.22. The molecule has 0 radical (unpaired) electrons. The summed E-state index contributed by atoms with van der Waals surface area (Å²) < 4.78 is 1.78. The van der Waals surface area contributed by atoms with Crippen LogP contribution in [0.25, 0.3) is 21.6 Å². The van der Waals surface area contributed by atoms with E-state index in [1.807, 2.05) is 42.5 Å². The molecule has 0 N–H and O–H groups in total. The van der Waals surface area contributed by atoms with E-state index in [-0.39, 0.29) is 5.91 Å². The van der Waals surface area contributed by atoms with Gasteiger partial charge < -0.3 is 4.90 Å². The van der Waals surface area contributed by atoms with Crippen LogP contribution in [0.5, 0.6) is 0 Å². The molecule has 0 spiro atoms. The Bertz CT molecular complexity index is 950. The Kier molecular flexibility index (Phi) is 4.31.